The summed E-state index contributed by atoms with van der Waals surface area (Å²) in [6.07, 6.45) is 0.352. The van der Waals surface area contributed by atoms with Crippen LogP contribution in [0.2, 0.25) is 0 Å². The van der Waals surface area contributed by atoms with Crippen LogP contribution in [-0.4, -0.2) is 38.5 Å². The number of thiazole rings is 1. The van der Waals surface area contributed by atoms with Gasteiger partial charge >= 0.3 is 5.97 Å². The third kappa shape index (κ3) is 4.38. The average molecular weight is 359 g/mol. The van der Waals surface area contributed by atoms with Crippen molar-refractivity contribution in [2.75, 3.05) is 11.9 Å². The van der Waals surface area contributed by atoms with Crippen molar-refractivity contribution in [3.63, 3.8) is 0 Å². The van der Waals surface area contributed by atoms with Gasteiger partial charge in [0.05, 0.1) is 30.8 Å². The van der Waals surface area contributed by atoms with Crippen molar-refractivity contribution in [1.29, 1.82) is 0 Å². The molecule has 0 spiro atoms. The van der Waals surface area contributed by atoms with Gasteiger partial charge in [-0.15, -0.1) is 16.4 Å². The lowest BCUT2D eigenvalue weighted by Gasteiger charge is -2.03. The first-order valence-corrected chi connectivity index (χ1v) is 8.71. The topological polar surface area (TPSA) is 99.0 Å². The number of anilines is 1. The molecule has 130 valence electrons. The van der Waals surface area contributed by atoms with E-state index < -0.39 is 0 Å². The Morgan fingerprint density at radius 1 is 1.32 bits per heavy atom. The van der Waals surface area contributed by atoms with E-state index in [1.54, 1.807) is 17.0 Å². The molecular formula is C16H17N5O3S. The van der Waals surface area contributed by atoms with Crippen LogP contribution >= 0.6 is 11.3 Å². The number of para-hydroxylation sites is 1. The van der Waals surface area contributed by atoms with Crippen molar-refractivity contribution in [3.8, 4) is 0 Å². The van der Waals surface area contributed by atoms with Gasteiger partial charge in [-0.3, -0.25) is 9.59 Å². The number of rotatable bonds is 7. The maximum Gasteiger partial charge on any atom is 0.311 e. The zero-order valence-corrected chi connectivity index (χ0v) is 14.5. The first-order valence-electron chi connectivity index (χ1n) is 7.84. The maximum atomic E-state index is 12.1. The van der Waals surface area contributed by atoms with Gasteiger partial charge in [0.2, 0.25) is 5.91 Å². The molecule has 0 saturated carbocycles. The molecule has 0 unspecified atom stereocenters. The van der Waals surface area contributed by atoms with Crippen molar-refractivity contribution in [1.82, 2.24) is 20.0 Å². The maximum absolute atomic E-state index is 12.1. The molecule has 0 bridgehead atoms. The molecule has 0 atom stereocenters. The minimum Gasteiger partial charge on any atom is -0.466 e. The third-order valence-corrected chi connectivity index (χ3v) is 4.21. The summed E-state index contributed by atoms with van der Waals surface area (Å²) in [5.41, 5.74) is 2.27. The van der Waals surface area contributed by atoms with Crippen LogP contribution in [0.1, 0.15) is 19.0 Å². The van der Waals surface area contributed by atoms with Crippen LogP contribution < -0.4 is 5.32 Å². The van der Waals surface area contributed by atoms with E-state index in [0.717, 1.165) is 11.0 Å². The first-order chi connectivity index (χ1) is 12.2. The second-order valence-electron chi connectivity index (χ2n) is 5.23. The molecule has 8 nitrogen and oxygen atoms in total. The van der Waals surface area contributed by atoms with Crippen LogP contribution in [-0.2, 0) is 27.3 Å². The van der Waals surface area contributed by atoms with Gasteiger partial charge in [-0.25, -0.2) is 9.67 Å². The number of ether oxygens (including phenoxy) is 1. The number of nitrogens with one attached hydrogen (secondary N) is 1. The number of hydrogen-bond acceptors (Lipinski definition) is 7. The quantitative estimate of drug-likeness (QED) is 0.648. The van der Waals surface area contributed by atoms with Gasteiger partial charge in [-0.05, 0) is 19.1 Å². The lowest BCUT2D eigenvalue weighted by atomic mass is 10.3. The molecule has 9 heteroatoms. The highest BCUT2D eigenvalue weighted by atomic mass is 32.1. The Balaban J connectivity index is 1.53. The van der Waals surface area contributed by atoms with Crippen molar-refractivity contribution in [3.05, 3.63) is 35.3 Å². The normalized spacial score (nSPS) is 10.8. The summed E-state index contributed by atoms with van der Waals surface area (Å²) >= 11 is 1.28. The zero-order valence-electron chi connectivity index (χ0n) is 13.6. The predicted molar refractivity (Wildman–Crippen MR) is 93.2 cm³/mol. The Morgan fingerprint density at radius 3 is 3.00 bits per heavy atom. The van der Waals surface area contributed by atoms with Gasteiger partial charge in [-0.1, -0.05) is 17.3 Å². The minimum atomic E-state index is -0.330. The van der Waals surface area contributed by atoms with Crippen LogP contribution in [0.5, 0.6) is 0 Å². The molecule has 0 aliphatic carbocycles. The highest BCUT2D eigenvalue weighted by molar-refractivity contribution is 7.13. The van der Waals surface area contributed by atoms with Crippen LogP contribution in [0, 0.1) is 0 Å². The van der Waals surface area contributed by atoms with Crippen LogP contribution in [0.25, 0.3) is 11.0 Å². The van der Waals surface area contributed by atoms with Crippen LogP contribution in [0.15, 0.2) is 29.6 Å². The average Bonchev–Trinajstić information content (AvgIpc) is 3.20. The highest BCUT2D eigenvalue weighted by Crippen LogP contribution is 2.17. The summed E-state index contributed by atoms with van der Waals surface area (Å²) in [5.74, 6) is -0.500. The van der Waals surface area contributed by atoms with Gasteiger partial charge in [0, 0.05) is 11.8 Å². The summed E-state index contributed by atoms with van der Waals surface area (Å²) in [5, 5.41) is 13.0. The van der Waals surface area contributed by atoms with Gasteiger partial charge in [0.25, 0.3) is 0 Å². The number of esters is 1. The molecule has 0 fully saturated rings. The lowest BCUT2D eigenvalue weighted by molar-refractivity contribution is -0.142. The van der Waals surface area contributed by atoms with E-state index in [4.69, 9.17) is 4.74 Å². The third-order valence-electron chi connectivity index (χ3n) is 3.40. The second-order valence-corrected chi connectivity index (χ2v) is 6.08. The van der Waals surface area contributed by atoms with E-state index in [2.05, 4.69) is 20.6 Å². The molecule has 2 heterocycles. The molecule has 2 aromatic heterocycles. The number of nitrogens with zero attached hydrogens (tertiary/aromatic N) is 4. The highest BCUT2D eigenvalue weighted by Gasteiger charge is 2.11. The summed E-state index contributed by atoms with van der Waals surface area (Å²) in [7, 11) is 0. The van der Waals surface area contributed by atoms with Crippen molar-refractivity contribution in [2.45, 2.75) is 26.3 Å². The Morgan fingerprint density at radius 2 is 2.16 bits per heavy atom. The smallest absolute Gasteiger partial charge is 0.311 e. The van der Waals surface area contributed by atoms with Gasteiger partial charge < -0.3 is 10.1 Å². The van der Waals surface area contributed by atoms with E-state index >= 15 is 0 Å². The van der Waals surface area contributed by atoms with E-state index in [1.165, 1.54) is 11.3 Å². The molecule has 0 radical (unpaired) electrons. The second kappa shape index (κ2) is 7.84. The molecule has 3 aromatic rings. The number of aryl methyl sites for hydroxylation is 1. The first kappa shape index (κ1) is 17.0. The fourth-order valence-corrected chi connectivity index (χ4v) is 3.00. The zero-order chi connectivity index (χ0) is 17.6. The molecule has 1 N–H and O–H groups in total. The van der Waals surface area contributed by atoms with Gasteiger partial charge in [0.1, 0.15) is 5.52 Å². The summed E-state index contributed by atoms with van der Waals surface area (Å²) < 4.78 is 6.57. The Labute approximate surface area is 147 Å². The predicted octanol–water partition coefficient (Wildman–Crippen LogP) is 2.02. The molecule has 1 aromatic carbocycles. The Hall–Kier alpha value is -2.81. The number of hydrogen-bond donors (Lipinski definition) is 1. The van der Waals surface area contributed by atoms with Crippen molar-refractivity contribution in [2.24, 2.45) is 0 Å². The minimum absolute atomic E-state index is 0.102. The lowest BCUT2D eigenvalue weighted by Crippen LogP contribution is -2.15. The van der Waals surface area contributed by atoms with E-state index in [0.29, 0.717) is 24.0 Å². The fraction of sp³-hybridized carbons (Fsp3) is 0.312. The molecule has 0 saturated heterocycles. The van der Waals surface area contributed by atoms with Crippen molar-refractivity contribution >= 4 is 39.4 Å². The number of carbonyl (C=O) groups excluding carboxylic acids is 2. The number of aromatic nitrogens is 4. The number of amides is 1. The molecule has 25 heavy (non-hydrogen) atoms. The Bertz CT molecular complexity index is 889. The fourth-order valence-electron chi connectivity index (χ4n) is 2.28. The van der Waals surface area contributed by atoms with Gasteiger partial charge in [0.15, 0.2) is 5.13 Å². The number of benzene rings is 1. The van der Waals surface area contributed by atoms with Crippen LogP contribution in [0.4, 0.5) is 5.13 Å². The summed E-state index contributed by atoms with van der Waals surface area (Å²) in [6, 6.07) is 7.59. The Kier molecular flexibility index (Phi) is 5.34. The molecule has 0 aliphatic heterocycles. The molecule has 0 aliphatic rings. The molecule has 3 rings (SSSR count). The largest absolute Gasteiger partial charge is 0.466 e. The van der Waals surface area contributed by atoms with E-state index in [9.17, 15) is 9.59 Å². The van der Waals surface area contributed by atoms with E-state index in [-0.39, 0.29) is 24.7 Å². The number of carbonyl (C=O) groups is 2. The molecular weight excluding hydrogens is 342 g/mol. The summed E-state index contributed by atoms with van der Waals surface area (Å²) in [4.78, 5) is 27.7. The summed E-state index contributed by atoms with van der Waals surface area (Å²) in [6.45, 7) is 2.51. The number of fused-ring (bicyclic) bond motifs is 1. The monoisotopic (exact) mass is 359 g/mol. The van der Waals surface area contributed by atoms with Gasteiger partial charge in [-0.2, -0.15) is 0 Å². The van der Waals surface area contributed by atoms with Crippen molar-refractivity contribution < 1.29 is 14.3 Å². The molecule has 1 amide bonds. The van der Waals surface area contributed by atoms with E-state index in [1.807, 2.05) is 24.3 Å². The van der Waals surface area contributed by atoms with Crippen LogP contribution in [0.3, 0.4) is 0 Å². The standard InChI is InChI=1S/C16H17N5O3S/c1-2-24-15(23)9-11-10-25-16(17-11)18-14(22)7-8-21-13-6-4-3-5-12(13)19-20-21/h3-6,10H,2,7-9H2,1H3,(H,17,18,22). The SMILES string of the molecule is CCOC(=O)Cc1csc(NC(=O)CCn2nnc3ccccc32)n1.